The zero-order valence-electron chi connectivity index (χ0n) is 21.3. The van der Waals surface area contributed by atoms with Gasteiger partial charge < -0.3 is 5.11 Å². The molecule has 0 saturated carbocycles. The van der Waals surface area contributed by atoms with Gasteiger partial charge in [0.1, 0.15) is 5.82 Å². The molecule has 3 heterocycles. The lowest BCUT2D eigenvalue weighted by Crippen LogP contribution is -2.45. The summed E-state index contributed by atoms with van der Waals surface area (Å²) in [6.45, 7) is 1.44. The number of hydrogen-bond donors (Lipinski definition) is 1. The van der Waals surface area contributed by atoms with Gasteiger partial charge in [-0.2, -0.15) is 22.7 Å². The molecule has 1 amide bonds. The molecule has 7 nitrogen and oxygen atoms in total. The molecule has 11 heteroatoms. The van der Waals surface area contributed by atoms with E-state index in [1.54, 1.807) is 31.2 Å². The molecule has 1 aliphatic rings. The average molecular weight is 553 g/mol. The second-order valence-corrected chi connectivity index (χ2v) is 9.38. The van der Waals surface area contributed by atoms with E-state index in [2.05, 4.69) is 10.1 Å². The van der Waals surface area contributed by atoms with Gasteiger partial charge in [-0.15, -0.1) is 0 Å². The van der Waals surface area contributed by atoms with E-state index in [-0.39, 0.29) is 17.8 Å². The summed E-state index contributed by atoms with van der Waals surface area (Å²) in [5, 5.41) is 14.9. The molecular weight excluding hydrogens is 528 g/mol. The number of aromatic nitrogens is 3. The number of amides is 1. The minimum atomic E-state index is -4.64. The van der Waals surface area contributed by atoms with Crippen LogP contribution in [0.1, 0.15) is 52.0 Å². The van der Waals surface area contributed by atoms with Crippen LogP contribution in [0.5, 0.6) is 0 Å². The first-order valence-electron chi connectivity index (χ1n) is 12.5. The highest BCUT2D eigenvalue weighted by atomic mass is 19.4. The molecule has 2 aromatic heterocycles. The Morgan fingerprint density at radius 2 is 1.80 bits per heavy atom. The number of ketones is 1. The van der Waals surface area contributed by atoms with Crippen molar-refractivity contribution in [3.05, 3.63) is 107 Å². The lowest BCUT2D eigenvalue weighted by atomic mass is 9.74. The SMILES string of the molecule is CCN1C(=O)[C@@H](CC(=O)c2cccc(C(F)(F)F)c2)[C@@H](c2ccc(F)nc2)c2c(CO)nn(-c3ccccc3)c21. The van der Waals surface area contributed by atoms with E-state index >= 15 is 0 Å². The third-order valence-corrected chi connectivity index (χ3v) is 7.02. The van der Waals surface area contributed by atoms with Crippen molar-refractivity contribution in [2.75, 3.05) is 11.4 Å². The molecule has 0 radical (unpaired) electrons. The minimum absolute atomic E-state index is 0.185. The highest BCUT2D eigenvalue weighted by Gasteiger charge is 2.46. The van der Waals surface area contributed by atoms with Crippen molar-refractivity contribution < 1.29 is 32.3 Å². The molecule has 0 saturated heterocycles. The minimum Gasteiger partial charge on any atom is -0.390 e. The number of aliphatic hydroxyl groups excluding tert-OH is 1. The highest BCUT2D eigenvalue weighted by molar-refractivity contribution is 6.04. The van der Waals surface area contributed by atoms with Crippen molar-refractivity contribution in [3.8, 4) is 5.69 Å². The fourth-order valence-electron chi connectivity index (χ4n) is 5.23. The molecule has 0 bridgehead atoms. The quantitative estimate of drug-likeness (QED) is 0.191. The summed E-state index contributed by atoms with van der Waals surface area (Å²) < 4.78 is 55.3. The summed E-state index contributed by atoms with van der Waals surface area (Å²) >= 11 is 0. The second kappa shape index (κ2) is 10.6. The van der Waals surface area contributed by atoms with Gasteiger partial charge in [0.15, 0.2) is 5.78 Å². The van der Waals surface area contributed by atoms with Gasteiger partial charge in [-0.3, -0.25) is 14.5 Å². The Bertz CT molecular complexity index is 1550. The fraction of sp³-hybridized carbons (Fsp3) is 0.241. The zero-order chi connectivity index (χ0) is 28.6. The number of anilines is 1. The van der Waals surface area contributed by atoms with E-state index in [9.17, 15) is 32.3 Å². The Hall–Kier alpha value is -4.38. The Labute approximate surface area is 226 Å². The number of Topliss-reactive ketones (excluding diaryl/α,β-unsaturated/α-hetero) is 1. The molecule has 0 aliphatic carbocycles. The van der Waals surface area contributed by atoms with Gasteiger partial charge in [0, 0.05) is 36.2 Å². The molecule has 0 unspecified atom stereocenters. The van der Waals surface area contributed by atoms with Crippen molar-refractivity contribution in [2.45, 2.75) is 32.0 Å². The van der Waals surface area contributed by atoms with Crippen LogP contribution in [0.15, 0.2) is 72.9 Å². The number of carbonyl (C=O) groups is 2. The maximum atomic E-state index is 14.0. The van der Waals surface area contributed by atoms with Gasteiger partial charge in [-0.05, 0) is 42.8 Å². The number of hydrogen-bond acceptors (Lipinski definition) is 5. The van der Waals surface area contributed by atoms with E-state index in [1.165, 1.54) is 27.9 Å². The summed E-state index contributed by atoms with van der Waals surface area (Å²) in [6, 6.07) is 15.6. The van der Waals surface area contributed by atoms with E-state index in [4.69, 9.17) is 0 Å². The van der Waals surface area contributed by atoms with Gasteiger partial charge in [0.05, 0.1) is 29.5 Å². The lowest BCUT2D eigenvalue weighted by molar-refractivity contribution is -0.137. The summed E-state index contributed by atoms with van der Waals surface area (Å²) in [5.41, 5.74) is 0.570. The fourth-order valence-corrected chi connectivity index (χ4v) is 5.23. The number of halogens is 4. The van der Waals surface area contributed by atoms with Gasteiger partial charge >= 0.3 is 6.18 Å². The number of carbonyl (C=O) groups excluding carboxylic acids is 2. The lowest BCUT2D eigenvalue weighted by Gasteiger charge is -2.38. The summed E-state index contributed by atoms with van der Waals surface area (Å²) in [6.07, 6.45) is -3.82. The number of para-hydroxylation sites is 1. The van der Waals surface area contributed by atoms with Gasteiger partial charge in [-0.1, -0.05) is 36.4 Å². The monoisotopic (exact) mass is 552 g/mol. The Kier molecular flexibility index (Phi) is 7.24. The first-order chi connectivity index (χ1) is 19.1. The summed E-state index contributed by atoms with van der Waals surface area (Å²) in [4.78, 5) is 32.6. The molecule has 2 aromatic carbocycles. The average Bonchev–Trinajstić information content (AvgIpc) is 3.33. The summed E-state index contributed by atoms with van der Waals surface area (Å²) in [5.74, 6) is -3.44. The maximum absolute atomic E-state index is 14.0. The second-order valence-electron chi connectivity index (χ2n) is 9.38. The van der Waals surface area contributed by atoms with Crippen molar-refractivity contribution in [1.82, 2.24) is 14.8 Å². The van der Waals surface area contributed by atoms with Crippen LogP contribution in [-0.4, -0.2) is 38.1 Å². The molecule has 40 heavy (non-hydrogen) atoms. The van der Waals surface area contributed by atoms with Crippen LogP contribution in [0.4, 0.5) is 23.4 Å². The normalized spacial score (nSPS) is 17.1. The van der Waals surface area contributed by atoms with Crippen LogP contribution in [0.2, 0.25) is 0 Å². The number of fused-ring (bicyclic) bond motifs is 1. The topological polar surface area (TPSA) is 88.3 Å². The van der Waals surface area contributed by atoms with Crippen molar-refractivity contribution in [3.63, 3.8) is 0 Å². The van der Waals surface area contributed by atoms with Crippen molar-refractivity contribution >= 4 is 17.5 Å². The smallest absolute Gasteiger partial charge is 0.390 e. The van der Waals surface area contributed by atoms with Crippen LogP contribution in [0.25, 0.3) is 5.69 Å². The van der Waals surface area contributed by atoms with E-state index in [0.29, 0.717) is 22.6 Å². The number of rotatable bonds is 7. The predicted octanol–water partition coefficient (Wildman–Crippen LogP) is 5.31. The molecule has 4 aromatic rings. The van der Waals surface area contributed by atoms with Crippen LogP contribution >= 0.6 is 0 Å². The number of nitrogens with zero attached hydrogens (tertiary/aromatic N) is 4. The Balaban J connectivity index is 1.67. The van der Waals surface area contributed by atoms with Crippen LogP contribution in [0, 0.1) is 11.9 Å². The predicted molar refractivity (Wildman–Crippen MR) is 137 cm³/mol. The van der Waals surface area contributed by atoms with Crippen LogP contribution < -0.4 is 4.90 Å². The number of pyridine rings is 1. The molecule has 2 atom stereocenters. The molecule has 0 spiro atoms. The molecule has 5 rings (SSSR count). The Morgan fingerprint density at radius 3 is 2.42 bits per heavy atom. The number of benzene rings is 2. The third kappa shape index (κ3) is 4.88. The maximum Gasteiger partial charge on any atom is 0.416 e. The standard InChI is InChI=1S/C29H24F4N4O3/c1-2-36-27-26(22(16-38)35-37(27)20-9-4-3-5-10-20)25(18-11-12-24(30)34-15-18)21(28(36)40)14-23(39)17-7-6-8-19(13-17)29(31,32)33/h3-13,15,21,25,38H,2,14,16H2,1H3/t21-,25+/m0/s1. The molecule has 1 N–H and O–H groups in total. The highest BCUT2D eigenvalue weighted by Crippen LogP contribution is 2.47. The first-order valence-corrected chi connectivity index (χ1v) is 12.5. The number of alkyl halides is 3. The van der Waals surface area contributed by atoms with E-state index < -0.39 is 54.2 Å². The molecular formula is C29H24F4N4O3. The van der Waals surface area contributed by atoms with E-state index in [0.717, 1.165) is 24.3 Å². The van der Waals surface area contributed by atoms with Gasteiger partial charge in [0.2, 0.25) is 11.9 Å². The molecule has 206 valence electrons. The molecule has 1 aliphatic heterocycles. The Morgan fingerprint density at radius 1 is 1.05 bits per heavy atom. The zero-order valence-corrected chi connectivity index (χ0v) is 21.3. The summed E-state index contributed by atoms with van der Waals surface area (Å²) in [7, 11) is 0. The van der Waals surface area contributed by atoms with Gasteiger partial charge in [0.25, 0.3) is 0 Å². The van der Waals surface area contributed by atoms with Crippen LogP contribution in [0.3, 0.4) is 0 Å². The van der Waals surface area contributed by atoms with Crippen LogP contribution in [-0.2, 0) is 17.6 Å². The third-order valence-electron chi connectivity index (χ3n) is 7.02. The van der Waals surface area contributed by atoms with Crippen molar-refractivity contribution in [1.29, 1.82) is 0 Å². The largest absolute Gasteiger partial charge is 0.416 e. The van der Waals surface area contributed by atoms with Gasteiger partial charge in [-0.25, -0.2) is 9.67 Å². The first kappa shape index (κ1) is 27.2. The van der Waals surface area contributed by atoms with E-state index in [1.807, 2.05) is 6.07 Å². The number of aliphatic hydroxyl groups is 1. The molecule has 0 fully saturated rings. The van der Waals surface area contributed by atoms with Crippen molar-refractivity contribution in [2.24, 2.45) is 5.92 Å².